The molecule has 0 amide bonds. The van der Waals surface area contributed by atoms with Gasteiger partial charge in [-0.2, -0.15) is 0 Å². The second-order valence-electron chi connectivity index (χ2n) is 6.55. The number of hydrogen-bond acceptors (Lipinski definition) is 0. The Kier molecular flexibility index (Phi) is 11.3. The van der Waals surface area contributed by atoms with E-state index in [0.29, 0.717) is 0 Å². The highest BCUT2D eigenvalue weighted by Crippen LogP contribution is 2.18. The van der Waals surface area contributed by atoms with E-state index in [9.17, 15) is 0 Å². The first-order chi connectivity index (χ1) is 9.39. The summed E-state index contributed by atoms with van der Waals surface area (Å²) in [6.45, 7) is 4.25. The van der Waals surface area contributed by atoms with Gasteiger partial charge in [0.15, 0.2) is 0 Å². The van der Waals surface area contributed by atoms with Crippen LogP contribution in [0.4, 0.5) is 0 Å². The highest BCUT2D eigenvalue weighted by atomic mass is 14.0. The lowest BCUT2D eigenvalue weighted by Crippen LogP contribution is -1.87. The van der Waals surface area contributed by atoms with E-state index in [4.69, 9.17) is 0 Å². The summed E-state index contributed by atoms with van der Waals surface area (Å²) in [6, 6.07) is 0. The minimum Gasteiger partial charge on any atom is -0.0999 e. The number of rotatable bonds is 0. The van der Waals surface area contributed by atoms with Crippen molar-refractivity contribution in [3.8, 4) is 0 Å². The molecule has 0 atom stereocenters. The van der Waals surface area contributed by atoms with Gasteiger partial charge in [-0.3, -0.25) is 0 Å². The molecule has 0 heterocycles. The summed E-state index contributed by atoms with van der Waals surface area (Å²) in [5.74, 6) is 0. The van der Waals surface area contributed by atoms with Gasteiger partial charge in [-0.15, -0.1) is 0 Å². The normalized spacial score (nSPS) is 23.5. The predicted molar refractivity (Wildman–Crippen MR) is 87.6 cm³/mol. The Hall–Kier alpha value is -0.260. The Bertz CT molecular complexity index is 184. The molecule has 0 nitrogen and oxygen atoms in total. The fourth-order valence-electron chi connectivity index (χ4n) is 3.17. The molecule has 0 spiro atoms. The smallest absolute Gasteiger partial charge is 0.0323 e. The number of hydrogen-bond donors (Lipinski definition) is 0. The summed E-state index contributed by atoms with van der Waals surface area (Å²) in [7, 11) is 0. The molecule has 1 aliphatic rings. The molecule has 0 aromatic heterocycles. The quantitative estimate of drug-likeness (QED) is 0.406. The summed E-state index contributed by atoms with van der Waals surface area (Å²) >= 11 is 0. The molecule has 1 saturated carbocycles. The largest absolute Gasteiger partial charge is 0.0999 e. The van der Waals surface area contributed by atoms with Crippen LogP contribution in [0.5, 0.6) is 0 Å². The van der Waals surface area contributed by atoms with Gasteiger partial charge in [-0.25, -0.2) is 0 Å². The maximum Gasteiger partial charge on any atom is -0.0323 e. The summed E-state index contributed by atoms with van der Waals surface area (Å²) in [5, 5.41) is 0. The van der Waals surface area contributed by atoms with Crippen LogP contribution in [0.2, 0.25) is 0 Å². The molecule has 0 bridgehead atoms. The molecule has 1 aliphatic carbocycles. The topological polar surface area (TPSA) is 0 Å². The molecule has 0 aromatic carbocycles. The van der Waals surface area contributed by atoms with Gasteiger partial charge >= 0.3 is 0 Å². The Morgan fingerprint density at radius 1 is 0.368 bits per heavy atom. The van der Waals surface area contributed by atoms with E-state index in [2.05, 4.69) is 6.58 Å². The van der Waals surface area contributed by atoms with Crippen molar-refractivity contribution in [1.82, 2.24) is 0 Å². The van der Waals surface area contributed by atoms with Crippen LogP contribution in [-0.2, 0) is 0 Å². The molecular formula is C19H36. The Morgan fingerprint density at radius 3 is 0.842 bits per heavy atom. The maximum absolute atomic E-state index is 4.25. The molecule has 0 aromatic rings. The van der Waals surface area contributed by atoms with Crippen LogP contribution >= 0.6 is 0 Å². The molecule has 0 radical (unpaired) electrons. The standard InChI is InChI=1S/C19H36/c1-19-17-15-13-11-9-7-5-3-2-4-6-8-10-12-14-16-18-19/h1-18H2. The van der Waals surface area contributed by atoms with Gasteiger partial charge in [-0.1, -0.05) is 95.6 Å². The summed E-state index contributed by atoms with van der Waals surface area (Å²) in [5.41, 5.74) is 1.51. The lowest BCUT2D eigenvalue weighted by atomic mass is 9.99. The van der Waals surface area contributed by atoms with Crippen LogP contribution in [0.3, 0.4) is 0 Å². The fraction of sp³-hybridized carbons (Fsp3) is 0.895. The third-order valence-electron chi connectivity index (χ3n) is 4.56. The van der Waals surface area contributed by atoms with Crippen LogP contribution in [0.15, 0.2) is 12.2 Å². The van der Waals surface area contributed by atoms with E-state index in [1.165, 1.54) is 115 Å². The zero-order chi connectivity index (χ0) is 13.6. The van der Waals surface area contributed by atoms with Crippen LogP contribution in [0, 0.1) is 0 Å². The third-order valence-corrected chi connectivity index (χ3v) is 4.56. The molecule has 19 heavy (non-hydrogen) atoms. The van der Waals surface area contributed by atoms with Crippen LogP contribution in [0.25, 0.3) is 0 Å². The minimum absolute atomic E-state index is 1.29. The second-order valence-corrected chi connectivity index (χ2v) is 6.55. The highest BCUT2D eigenvalue weighted by Gasteiger charge is 1.98. The van der Waals surface area contributed by atoms with Gasteiger partial charge < -0.3 is 0 Å². The van der Waals surface area contributed by atoms with Crippen LogP contribution < -0.4 is 0 Å². The van der Waals surface area contributed by atoms with E-state index in [1.807, 2.05) is 0 Å². The predicted octanol–water partition coefficient (Wildman–Crippen LogP) is 7.19. The van der Waals surface area contributed by atoms with Crippen molar-refractivity contribution in [2.45, 2.75) is 109 Å². The molecule has 1 fully saturated rings. The van der Waals surface area contributed by atoms with E-state index in [1.54, 1.807) is 0 Å². The summed E-state index contributed by atoms with van der Waals surface area (Å²) in [6.07, 6.45) is 24.4. The first-order valence-electron chi connectivity index (χ1n) is 9.06. The van der Waals surface area contributed by atoms with Crippen molar-refractivity contribution in [3.63, 3.8) is 0 Å². The lowest BCUT2D eigenvalue weighted by molar-refractivity contribution is 0.523. The van der Waals surface area contributed by atoms with Crippen molar-refractivity contribution >= 4 is 0 Å². The average molecular weight is 264 g/mol. The zero-order valence-corrected chi connectivity index (χ0v) is 13.2. The fourth-order valence-corrected chi connectivity index (χ4v) is 3.17. The third kappa shape index (κ3) is 11.3. The van der Waals surface area contributed by atoms with E-state index < -0.39 is 0 Å². The lowest BCUT2D eigenvalue weighted by Gasteiger charge is -2.07. The Morgan fingerprint density at radius 2 is 0.579 bits per heavy atom. The van der Waals surface area contributed by atoms with Crippen LogP contribution in [-0.4, -0.2) is 0 Å². The Balaban J connectivity index is 2.10. The van der Waals surface area contributed by atoms with Crippen LogP contribution in [0.1, 0.15) is 109 Å². The van der Waals surface area contributed by atoms with Gasteiger partial charge in [0.2, 0.25) is 0 Å². The molecule has 0 heteroatoms. The van der Waals surface area contributed by atoms with Gasteiger partial charge in [0.05, 0.1) is 0 Å². The van der Waals surface area contributed by atoms with E-state index in [0.717, 1.165) is 0 Å². The first-order valence-corrected chi connectivity index (χ1v) is 9.06. The van der Waals surface area contributed by atoms with Crippen molar-refractivity contribution in [2.75, 3.05) is 0 Å². The summed E-state index contributed by atoms with van der Waals surface area (Å²) in [4.78, 5) is 0. The van der Waals surface area contributed by atoms with Crippen molar-refractivity contribution < 1.29 is 0 Å². The zero-order valence-electron chi connectivity index (χ0n) is 13.2. The first kappa shape index (κ1) is 16.8. The van der Waals surface area contributed by atoms with Gasteiger partial charge in [0, 0.05) is 0 Å². The molecule has 112 valence electrons. The SMILES string of the molecule is C=C1CCCCCCCCCCCCCCCCC1. The highest BCUT2D eigenvalue weighted by molar-refractivity contribution is 4.93. The molecule has 0 saturated heterocycles. The monoisotopic (exact) mass is 264 g/mol. The summed E-state index contributed by atoms with van der Waals surface area (Å²) < 4.78 is 0. The average Bonchev–Trinajstić information content (AvgIpc) is 2.41. The molecule has 1 rings (SSSR count). The minimum atomic E-state index is 1.29. The van der Waals surface area contributed by atoms with Crippen molar-refractivity contribution in [2.24, 2.45) is 0 Å². The Labute approximate surface area is 122 Å². The van der Waals surface area contributed by atoms with Crippen molar-refractivity contribution in [1.29, 1.82) is 0 Å². The maximum atomic E-state index is 4.25. The number of allylic oxidation sites excluding steroid dienone is 1. The van der Waals surface area contributed by atoms with Gasteiger partial charge in [0.1, 0.15) is 0 Å². The van der Waals surface area contributed by atoms with Gasteiger partial charge in [0.25, 0.3) is 0 Å². The second kappa shape index (κ2) is 12.8. The molecular weight excluding hydrogens is 228 g/mol. The van der Waals surface area contributed by atoms with Gasteiger partial charge in [-0.05, 0) is 25.7 Å². The van der Waals surface area contributed by atoms with E-state index >= 15 is 0 Å². The van der Waals surface area contributed by atoms with E-state index in [-0.39, 0.29) is 0 Å². The molecule has 0 unspecified atom stereocenters. The van der Waals surface area contributed by atoms with Crippen molar-refractivity contribution in [3.05, 3.63) is 12.2 Å². The molecule has 0 aliphatic heterocycles. The molecule has 0 N–H and O–H groups in total.